The highest BCUT2D eigenvalue weighted by atomic mass is 16.5. The van der Waals surface area contributed by atoms with Gasteiger partial charge in [-0.1, -0.05) is 48.5 Å². The second-order valence-electron chi connectivity index (χ2n) is 13.0. The van der Waals surface area contributed by atoms with Crippen LogP contribution in [0.3, 0.4) is 0 Å². The minimum atomic E-state index is -0.917. The number of hydrogen-bond acceptors (Lipinski definition) is 7. The molecule has 252 valence electrons. The van der Waals surface area contributed by atoms with Crippen LogP contribution in [0, 0.1) is 6.92 Å². The van der Waals surface area contributed by atoms with Crippen molar-refractivity contribution in [2.75, 3.05) is 13.1 Å². The second kappa shape index (κ2) is 14.5. The molecule has 0 spiro atoms. The number of hydrogen-bond donors (Lipinski definition) is 4. The summed E-state index contributed by atoms with van der Waals surface area (Å²) >= 11 is 0. The zero-order chi connectivity index (χ0) is 33.7. The fourth-order valence-corrected chi connectivity index (χ4v) is 7.02. The van der Waals surface area contributed by atoms with E-state index < -0.39 is 18.1 Å². The molecule has 2 amide bonds. The molecule has 4 N–H and O–H groups in total. The van der Waals surface area contributed by atoms with Crippen LogP contribution in [0.15, 0.2) is 108 Å². The smallest absolute Gasteiger partial charge is 0.254 e. The fourth-order valence-electron chi connectivity index (χ4n) is 7.02. The Morgan fingerprint density at radius 3 is 2.55 bits per heavy atom. The van der Waals surface area contributed by atoms with E-state index in [1.165, 1.54) is 12.5 Å². The number of oxazole rings is 1. The van der Waals surface area contributed by atoms with Gasteiger partial charge in [0.05, 0.1) is 24.4 Å². The van der Waals surface area contributed by atoms with Crippen molar-refractivity contribution in [3.05, 3.63) is 132 Å². The van der Waals surface area contributed by atoms with Gasteiger partial charge in [-0.25, -0.2) is 4.98 Å². The predicted octanol–water partition coefficient (Wildman–Crippen LogP) is 5.47. The highest BCUT2D eigenvalue weighted by molar-refractivity contribution is 6.01. The Labute approximate surface area is 285 Å². The molecule has 0 radical (unpaired) electrons. The Morgan fingerprint density at radius 1 is 1.04 bits per heavy atom. The lowest BCUT2D eigenvalue weighted by Gasteiger charge is -2.29. The molecule has 7 rings (SSSR count). The van der Waals surface area contributed by atoms with Crippen LogP contribution in [0.2, 0.25) is 0 Å². The summed E-state index contributed by atoms with van der Waals surface area (Å²) in [6.07, 6.45) is 4.67. The first-order valence-corrected chi connectivity index (χ1v) is 16.9. The SMILES string of the molecule is Cc1ccc(C2CCCN2C(=O)c2cc(C(=O)NC(Cc3ccccc3)C(O)C3CC(Oc4ccccc4)CN3)cc(-c3ncco3)c2)[nH]1. The van der Waals surface area contributed by atoms with E-state index in [1.54, 1.807) is 18.2 Å². The topological polar surface area (TPSA) is 133 Å². The monoisotopic (exact) mass is 659 g/mol. The number of aliphatic hydroxyl groups excluding tert-OH is 1. The highest BCUT2D eigenvalue weighted by Crippen LogP contribution is 2.34. The van der Waals surface area contributed by atoms with Gasteiger partial charge in [0.2, 0.25) is 5.89 Å². The first kappa shape index (κ1) is 32.4. The third-order valence-corrected chi connectivity index (χ3v) is 9.46. The molecule has 2 fully saturated rings. The molecule has 0 bridgehead atoms. The summed E-state index contributed by atoms with van der Waals surface area (Å²) in [5.41, 5.74) is 4.19. The van der Waals surface area contributed by atoms with Crippen LogP contribution in [-0.4, -0.2) is 69.2 Å². The van der Waals surface area contributed by atoms with E-state index in [1.807, 2.05) is 84.6 Å². The average molecular weight is 660 g/mol. The lowest BCUT2D eigenvalue weighted by atomic mass is 9.94. The number of rotatable bonds is 11. The van der Waals surface area contributed by atoms with Gasteiger partial charge in [-0.2, -0.15) is 0 Å². The first-order chi connectivity index (χ1) is 23.9. The van der Waals surface area contributed by atoms with Gasteiger partial charge in [0, 0.05) is 53.6 Å². The number of benzene rings is 3. The summed E-state index contributed by atoms with van der Waals surface area (Å²) in [5.74, 6) is 0.508. The number of amides is 2. The number of likely N-dealkylation sites (tertiary alicyclic amines) is 1. The van der Waals surface area contributed by atoms with E-state index in [0.717, 1.165) is 35.5 Å². The number of aryl methyl sites for hydroxylation is 1. The van der Waals surface area contributed by atoms with Crippen molar-refractivity contribution >= 4 is 11.8 Å². The minimum absolute atomic E-state index is 0.0807. The minimum Gasteiger partial charge on any atom is -0.489 e. The molecule has 0 aliphatic carbocycles. The van der Waals surface area contributed by atoms with E-state index in [2.05, 4.69) is 20.6 Å². The second-order valence-corrected chi connectivity index (χ2v) is 13.0. The van der Waals surface area contributed by atoms with Crippen molar-refractivity contribution in [3.8, 4) is 17.2 Å². The van der Waals surface area contributed by atoms with Crippen LogP contribution in [0.25, 0.3) is 11.5 Å². The van der Waals surface area contributed by atoms with E-state index in [4.69, 9.17) is 9.15 Å². The van der Waals surface area contributed by atoms with Crippen LogP contribution in [0.5, 0.6) is 5.75 Å². The maximum Gasteiger partial charge on any atom is 0.254 e. The van der Waals surface area contributed by atoms with E-state index in [0.29, 0.717) is 42.9 Å². The molecule has 5 aromatic rings. The summed E-state index contributed by atoms with van der Waals surface area (Å²) in [5, 5.41) is 18.3. The number of H-pyrrole nitrogens is 1. The van der Waals surface area contributed by atoms with Crippen LogP contribution < -0.4 is 15.4 Å². The molecule has 2 aliphatic heterocycles. The molecule has 0 saturated carbocycles. The normalized spacial score (nSPS) is 20.2. The van der Waals surface area contributed by atoms with Gasteiger partial charge in [0.25, 0.3) is 11.8 Å². The van der Waals surface area contributed by atoms with Gasteiger partial charge >= 0.3 is 0 Å². The Morgan fingerprint density at radius 2 is 1.82 bits per heavy atom. The third kappa shape index (κ3) is 7.45. The summed E-state index contributed by atoms with van der Waals surface area (Å²) in [6, 6.07) is 27.5. The van der Waals surface area contributed by atoms with Crippen molar-refractivity contribution in [1.82, 2.24) is 25.5 Å². The van der Waals surface area contributed by atoms with E-state index in [-0.39, 0.29) is 29.7 Å². The molecule has 2 aromatic heterocycles. The van der Waals surface area contributed by atoms with Crippen LogP contribution in [-0.2, 0) is 6.42 Å². The number of aromatic amines is 1. The van der Waals surface area contributed by atoms with Gasteiger partial charge in [0.1, 0.15) is 18.1 Å². The molecule has 10 nitrogen and oxygen atoms in total. The van der Waals surface area contributed by atoms with Gasteiger partial charge < -0.3 is 34.8 Å². The van der Waals surface area contributed by atoms with Crippen LogP contribution in [0.1, 0.15) is 63.0 Å². The fraction of sp³-hybridized carbons (Fsp3) is 0.308. The van der Waals surface area contributed by atoms with E-state index >= 15 is 0 Å². The molecule has 10 heteroatoms. The zero-order valence-electron chi connectivity index (χ0n) is 27.4. The van der Waals surface area contributed by atoms with Gasteiger partial charge in [-0.05, 0) is 74.2 Å². The quantitative estimate of drug-likeness (QED) is 0.148. The van der Waals surface area contributed by atoms with Crippen molar-refractivity contribution in [2.45, 2.75) is 62.9 Å². The molecular weight excluding hydrogens is 618 g/mol. The summed E-state index contributed by atoms with van der Waals surface area (Å²) in [4.78, 5) is 37.8. The van der Waals surface area contributed by atoms with E-state index in [9.17, 15) is 14.7 Å². The molecule has 2 saturated heterocycles. The molecule has 2 aliphatic rings. The number of carbonyl (C=O) groups is 2. The number of aliphatic hydroxyl groups is 1. The van der Waals surface area contributed by atoms with Crippen LogP contribution >= 0.6 is 0 Å². The maximum absolute atomic E-state index is 14.1. The predicted molar refractivity (Wildman–Crippen MR) is 185 cm³/mol. The molecular formula is C39H41N5O5. The Bertz CT molecular complexity index is 1860. The van der Waals surface area contributed by atoms with Crippen LogP contribution in [0.4, 0.5) is 0 Å². The third-order valence-electron chi connectivity index (χ3n) is 9.46. The molecule has 5 atom stereocenters. The maximum atomic E-state index is 14.1. The number of nitrogens with zero attached hydrogens (tertiary/aromatic N) is 2. The molecule has 5 unspecified atom stereocenters. The molecule has 49 heavy (non-hydrogen) atoms. The van der Waals surface area contributed by atoms with Crippen molar-refractivity contribution in [2.24, 2.45) is 0 Å². The van der Waals surface area contributed by atoms with Gasteiger partial charge in [-0.15, -0.1) is 0 Å². The molecule has 3 aromatic carbocycles. The molecule has 4 heterocycles. The lowest BCUT2D eigenvalue weighted by molar-refractivity contribution is 0.0719. The highest BCUT2D eigenvalue weighted by Gasteiger charge is 2.36. The first-order valence-electron chi connectivity index (χ1n) is 16.9. The van der Waals surface area contributed by atoms with Gasteiger partial charge in [0.15, 0.2) is 0 Å². The Balaban J connectivity index is 1.14. The van der Waals surface area contributed by atoms with Gasteiger partial charge in [-0.3, -0.25) is 9.59 Å². The summed E-state index contributed by atoms with van der Waals surface area (Å²) in [7, 11) is 0. The number of aromatic nitrogens is 2. The largest absolute Gasteiger partial charge is 0.489 e. The number of para-hydroxylation sites is 1. The summed E-state index contributed by atoms with van der Waals surface area (Å²) in [6.45, 7) is 3.18. The summed E-state index contributed by atoms with van der Waals surface area (Å²) < 4.78 is 11.7. The van der Waals surface area contributed by atoms with Crippen molar-refractivity contribution < 1.29 is 23.8 Å². The number of nitrogens with one attached hydrogen (secondary N) is 3. The standard InChI is InChI=1S/C39H41N5O5/c1-25-14-15-32(42-25)35-13-8-17-44(35)39(47)29-21-27(20-28(22-29)38-40-16-18-48-38)37(46)43-34(19-26-9-4-2-5-10-26)36(45)33-23-31(24-41-33)49-30-11-6-3-7-12-30/h2-7,9-12,14-16,18,20-22,31,33-36,41-42,45H,8,13,17,19,23-24H2,1H3,(H,43,46). The average Bonchev–Trinajstić information content (AvgIpc) is 3.96. The number of carbonyl (C=O) groups excluding carboxylic acids is 2. The Kier molecular flexibility index (Phi) is 9.58. The van der Waals surface area contributed by atoms with Crippen molar-refractivity contribution in [3.63, 3.8) is 0 Å². The Hall–Kier alpha value is -5.19. The lowest BCUT2D eigenvalue weighted by Crippen LogP contribution is -2.52. The van der Waals surface area contributed by atoms with Crippen molar-refractivity contribution in [1.29, 1.82) is 0 Å². The zero-order valence-corrected chi connectivity index (χ0v) is 27.4. The number of ether oxygens (including phenoxy) is 1.